The predicted octanol–water partition coefficient (Wildman–Crippen LogP) is 5.28. The molecule has 1 N–H and O–H groups in total. The van der Waals surface area contributed by atoms with Crippen molar-refractivity contribution in [2.45, 2.75) is 31.2 Å². The molecule has 0 amide bonds. The van der Waals surface area contributed by atoms with Crippen LogP contribution in [-0.2, 0) is 0 Å². The number of nitrogens with one attached hydrogen (secondary N) is 1. The van der Waals surface area contributed by atoms with Gasteiger partial charge in [-0.15, -0.1) is 11.8 Å². The van der Waals surface area contributed by atoms with E-state index in [0.717, 1.165) is 6.42 Å². The topological polar surface area (TPSA) is 12.0 Å². The van der Waals surface area contributed by atoms with E-state index in [2.05, 4.69) is 74.0 Å². The second kappa shape index (κ2) is 6.67. The Morgan fingerprint density at radius 1 is 1.00 bits per heavy atom. The van der Waals surface area contributed by atoms with Crippen molar-refractivity contribution < 1.29 is 0 Å². The molecule has 19 heavy (non-hydrogen) atoms. The molecule has 0 heterocycles. The number of hydrogen-bond acceptors (Lipinski definition) is 2. The molecule has 0 aliphatic rings. The highest BCUT2D eigenvalue weighted by molar-refractivity contribution is 7.98. The van der Waals surface area contributed by atoms with Gasteiger partial charge in [-0.25, -0.2) is 0 Å². The van der Waals surface area contributed by atoms with Crippen molar-refractivity contribution in [1.82, 2.24) is 0 Å². The molecular weight excluding hydrogens is 250 g/mol. The van der Waals surface area contributed by atoms with Crippen LogP contribution in [0.15, 0.2) is 53.4 Å². The van der Waals surface area contributed by atoms with E-state index in [-0.39, 0.29) is 0 Å². The van der Waals surface area contributed by atoms with E-state index in [0.29, 0.717) is 6.04 Å². The van der Waals surface area contributed by atoms with Gasteiger partial charge in [0.1, 0.15) is 0 Å². The summed E-state index contributed by atoms with van der Waals surface area (Å²) in [6.07, 6.45) is 3.18. The molecule has 0 spiro atoms. The maximum absolute atomic E-state index is 3.61. The molecule has 1 unspecified atom stereocenters. The minimum atomic E-state index is 0.376. The van der Waals surface area contributed by atoms with Crippen LogP contribution in [0.1, 0.15) is 30.5 Å². The quantitative estimate of drug-likeness (QED) is 0.742. The van der Waals surface area contributed by atoms with Crippen LogP contribution in [0.3, 0.4) is 0 Å². The average Bonchev–Trinajstić information content (AvgIpc) is 2.46. The van der Waals surface area contributed by atoms with Gasteiger partial charge in [-0.05, 0) is 49.4 Å². The fraction of sp³-hybridized carbons (Fsp3) is 0.294. The van der Waals surface area contributed by atoms with Crippen molar-refractivity contribution in [2.24, 2.45) is 0 Å². The van der Waals surface area contributed by atoms with Crippen LogP contribution in [0.25, 0.3) is 0 Å². The summed E-state index contributed by atoms with van der Waals surface area (Å²) in [6.45, 7) is 4.34. The minimum absolute atomic E-state index is 0.376. The zero-order valence-corrected chi connectivity index (χ0v) is 12.6. The summed E-state index contributed by atoms with van der Waals surface area (Å²) >= 11 is 1.77. The van der Waals surface area contributed by atoms with Crippen molar-refractivity contribution in [2.75, 3.05) is 11.6 Å². The molecule has 0 saturated carbocycles. The molecule has 0 saturated heterocycles. The van der Waals surface area contributed by atoms with Crippen LogP contribution >= 0.6 is 11.8 Å². The predicted molar refractivity (Wildman–Crippen MR) is 86.1 cm³/mol. The molecule has 2 aromatic carbocycles. The van der Waals surface area contributed by atoms with Crippen LogP contribution in [0.5, 0.6) is 0 Å². The third-order valence-corrected chi connectivity index (χ3v) is 4.06. The van der Waals surface area contributed by atoms with E-state index in [4.69, 9.17) is 0 Å². The Morgan fingerprint density at radius 2 is 1.63 bits per heavy atom. The maximum atomic E-state index is 3.61. The maximum Gasteiger partial charge on any atom is 0.0511 e. The molecule has 2 rings (SSSR count). The Morgan fingerprint density at radius 3 is 2.16 bits per heavy atom. The lowest BCUT2D eigenvalue weighted by atomic mass is 10.0. The molecule has 100 valence electrons. The van der Waals surface area contributed by atoms with Gasteiger partial charge in [0.25, 0.3) is 0 Å². The number of anilines is 1. The van der Waals surface area contributed by atoms with Gasteiger partial charge in [-0.1, -0.05) is 36.8 Å². The molecule has 2 aromatic rings. The average molecular weight is 271 g/mol. The van der Waals surface area contributed by atoms with Gasteiger partial charge in [-0.3, -0.25) is 0 Å². The van der Waals surface area contributed by atoms with Gasteiger partial charge < -0.3 is 5.32 Å². The van der Waals surface area contributed by atoms with Crippen molar-refractivity contribution in [3.05, 3.63) is 59.7 Å². The van der Waals surface area contributed by atoms with Gasteiger partial charge in [0.15, 0.2) is 0 Å². The van der Waals surface area contributed by atoms with Crippen LogP contribution in [0.4, 0.5) is 5.69 Å². The van der Waals surface area contributed by atoms with Crippen molar-refractivity contribution in [1.29, 1.82) is 0 Å². The molecule has 2 heteroatoms. The first-order chi connectivity index (χ1) is 9.22. The first-order valence-electron chi connectivity index (χ1n) is 6.70. The molecule has 0 fully saturated rings. The molecular formula is C17H21NS. The van der Waals surface area contributed by atoms with E-state index in [1.54, 1.807) is 11.8 Å². The number of thioether (sulfide) groups is 1. The van der Waals surface area contributed by atoms with E-state index < -0.39 is 0 Å². The smallest absolute Gasteiger partial charge is 0.0511 e. The summed E-state index contributed by atoms with van der Waals surface area (Å²) < 4.78 is 0. The monoisotopic (exact) mass is 271 g/mol. The molecule has 0 aliphatic heterocycles. The fourth-order valence-corrected chi connectivity index (χ4v) is 2.52. The summed E-state index contributed by atoms with van der Waals surface area (Å²) in [4.78, 5) is 1.30. The first kappa shape index (κ1) is 14.0. The Hall–Kier alpha value is -1.41. The number of benzene rings is 2. The summed E-state index contributed by atoms with van der Waals surface area (Å²) in [5, 5.41) is 3.61. The highest BCUT2D eigenvalue weighted by Gasteiger charge is 2.08. The summed E-state index contributed by atoms with van der Waals surface area (Å²) in [5.74, 6) is 0. The lowest BCUT2D eigenvalue weighted by molar-refractivity contribution is 0.749. The lowest BCUT2D eigenvalue weighted by Gasteiger charge is -2.19. The number of hydrogen-bond donors (Lipinski definition) is 1. The molecule has 0 aromatic heterocycles. The van der Waals surface area contributed by atoms with Gasteiger partial charge in [0, 0.05) is 10.6 Å². The lowest BCUT2D eigenvalue weighted by Crippen LogP contribution is -2.09. The van der Waals surface area contributed by atoms with Gasteiger partial charge in [-0.2, -0.15) is 0 Å². The highest BCUT2D eigenvalue weighted by Crippen LogP contribution is 2.24. The largest absolute Gasteiger partial charge is 0.378 e. The van der Waals surface area contributed by atoms with Gasteiger partial charge in [0.05, 0.1) is 6.04 Å². The summed E-state index contributed by atoms with van der Waals surface area (Å²) in [5.41, 5.74) is 3.84. The third-order valence-electron chi connectivity index (χ3n) is 3.32. The van der Waals surface area contributed by atoms with E-state index in [1.807, 2.05) is 0 Å². The Bertz CT molecular complexity index is 502. The van der Waals surface area contributed by atoms with Gasteiger partial charge in [0.2, 0.25) is 0 Å². The standard InChI is InChI=1S/C17H21NS/c1-4-17(14-7-5-13(2)6-8-14)18-15-9-11-16(19-3)12-10-15/h5-12,17-18H,4H2,1-3H3. The SMILES string of the molecule is CCC(Nc1ccc(SC)cc1)c1ccc(C)cc1. The van der Waals surface area contributed by atoms with E-state index in [1.165, 1.54) is 21.7 Å². The van der Waals surface area contributed by atoms with Crippen molar-refractivity contribution in [3.8, 4) is 0 Å². The van der Waals surface area contributed by atoms with Crippen LogP contribution in [0.2, 0.25) is 0 Å². The number of aryl methyl sites for hydroxylation is 1. The van der Waals surface area contributed by atoms with Gasteiger partial charge >= 0.3 is 0 Å². The van der Waals surface area contributed by atoms with E-state index >= 15 is 0 Å². The minimum Gasteiger partial charge on any atom is -0.378 e. The Balaban J connectivity index is 2.11. The van der Waals surface area contributed by atoms with Crippen LogP contribution in [0, 0.1) is 6.92 Å². The van der Waals surface area contributed by atoms with Crippen LogP contribution in [-0.4, -0.2) is 6.26 Å². The first-order valence-corrected chi connectivity index (χ1v) is 7.92. The number of rotatable bonds is 5. The summed E-state index contributed by atoms with van der Waals surface area (Å²) in [6, 6.07) is 17.8. The zero-order chi connectivity index (χ0) is 13.7. The summed E-state index contributed by atoms with van der Waals surface area (Å²) in [7, 11) is 0. The second-order valence-electron chi connectivity index (χ2n) is 4.74. The third kappa shape index (κ3) is 3.77. The van der Waals surface area contributed by atoms with E-state index in [9.17, 15) is 0 Å². The normalized spacial score (nSPS) is 12.2. The molecule has 1 nitrogen and oxygen atoms in total. The fourth-order valence-electron chi connectivity index (χ4n) is 2.11. The Labute approximate surface area is 120 Å². The molecule has 0 radical (unpaired) electrons. The second-order valence-corrected chi connectivity index (χ2v) is 5.62. The molecule has 0 bridgehead atoms. The highest BCUT2D eigenvalue weighted by atomic mass is 32.2. The van der Waals surface area contributed by atoms with Crippen molar-refractivity contribution >= 4 is 17.4 Å². The Kier molecular flexibility index (Phi) is 4.92. The van der Waals surface area contributed by atoms with Crippen molar-refractivity contribution in [3.63, 3.8) is 0 Å². The van der Waals surface area contributed by atoms with Crippen LogP contribution < -0.4 is 5.32 Å². The molecule has 1 atom stereocenters. The zero-order valence-electron chi connectivity index (χ0n) is 11.8. The molecule has 0 aliphatic carbocycles.